The largest absolute Gasteiger partial charge is 0.448 e. The van der Waals surface area contributed by atoms with Gasteiger partial charge in [0, 0.05) is 19.2 Å². The van der Waals surface area contributed by atoms with E-state index in [9.17, 15) is 9.18 Å². The highest BCUT2D eigenvalue weighted by Gasteiger charge is 2.38. The van der Waals surface area contributed by atoms with Crippen LogP contribution in [0.1, 0.15) is 37.9 Å². The van der Waals surface area contributed by atoms with E-state index in [0.29, 0.717) is 23.9 Å². The summed E-state index contributed by atoms with van der Waals surface area (Å²) in [5.41, 5.74) is 0.944. The van der Waals surface area contributed by atoms with E-state index < -0.39 is 17.4 Å². The van der Waals surface area contributed by atoms with Crippen molar-refractivity contribution >= 4 is 17.7 Å². The zero-order valence-electron chi connectivity index (χ0n) is 15.1. The minimum atomic E-state index is -0.630. The van der Waals surface area contributed by atoms with Gasteiger partial charge in [0.25, 0.3) is 0 Å². The van der Waals surface area contributed by atoms with E-state index in [1.807, 2.05) is 13.8 Å². The molecule has 0 bridgehead atoms. The van der Waals surface area contributed by atoms with E-state index in [1.165, 1.54) is 11.8 Å². The molecule has 0 atom stereocenters. The van der Waals surface area contributed by atoms with E-state index >= 15 is 0 Å². The van der Waals surface area contributed by atoms with Crippen molar-refractivity contribution in [2.75, 3.05) is 19.0 Å². The Morgan fingerprint density at radius 2 is 2.23 bits per heavy atom. The van der Waals surface area contributed by atoms with Crippen LogP contribution in [0, 0.1) is 5.82 Å². The summed E-state index contributed by atoms with van der Waals surface area (Å²) in [5, 5.41) is 10.5. The van der Waals surface area contributed by atoms with Crippen molar-refractivity contribution in [1.29, 1.82) is 0 Å². The molecule has 0 fully saturated rings. The fourth-order valence-corrected chi connectivity index (χ4v) is 2.87. The molecule has 0 aliphatic carbocycles. The quantitative estimate of drug-likeness (QED) is 0.831. The number of rotatable bonds is 5. The smallest absolute Gasteiger partial charge is 0.435 e. The standard InChI is InChI=1S/C16H21FN6O3/c1-5-26-15(24)23-12-9(6-19-16(12,2)3)13(22-23)21-14-10(17)7-18-11(20-14)8-25-4/h7,19H,5-6,8H2,1-4H3,(H,18,20,21,22). The van der Waals surface area contributed by atoms with Gasteiger partial charge >= 0.3 is 6.09 Å². The number of carbonyl (C=O) groups is 1. The van der Waals surface area contributed by atoms with Gasteiger partial charge in [-0.2, -0.15) is 4.68 Å². The van der Waals surface area contributed by atoms with Crippen LogP contribution in [0.15, 0.2) is 6.20 Å². The fourth-order valence-electron chi connectivity index (χ4n) is 2.87. The molecule has 26 heavy (non-hydrogen) atoms. The van der Waals surface area contributed by atoms with E-state index in [1.54, 1.807) is 6.92 Å². The number of anilines is 2. The third-order valence-electron chi connectivity index (χ3n) is 4.03. The third-order valence-corrected chi connectivity index (χ3v) is 4.03. The molecule has 0 spiro atoms. The van der Waals surface area contributed by atoms with Crippen LogP contribution in [0.4, 0.5) is 20.8 Å². The van der Waals surface area contributed by atoms with Gasteiger partial charge in [-0.1, -0.05) is 0 Å². The number of halogens is 1. The Labute approximate surface area is 149 Å². The molecule has 0 amide bonds. The zero-order valence-corrected chi connectivity index (χ0v) is 15.1. The fraction of sp³-hybridized carbons (Fsp3) is 0.500. The van der Waals surface area contributed by atoms with Gasteiger partial charge in [0.2, 0.25) is 0 Å². The van der Waals surface area contributed by atoms with Crippen molar-refractivity contribution in [2.45, 2.75) is 39.5 Å². The molecule has 10 heteroatoms. The van der Waals surface area contributed by atoms with Gasteiger partial charge < -0.3 is 20.1 Å². The Kier molecular flexibility index (Phi) is 4.88. The van der Waals surface area contributed by atoms with Crippen molar-refractivity contribution in [3.8, 4) is 0 Å². The highest BCUT2D eigenvalue weighted by molar-refractivity contribution is 5.74. The summed E-state index contributed by atoms with van der Waals surface area (Å²) in [6.45, 7) is 6.44. The van der Waals surface area contributed by atoms with Crippen LogP contribution in [0.5, 0.6) is 0 Å². The van der Waals surface area contributed by atoms with Crippen molar-refractivity contribution in [2.24, 2.45) is 0 Å². The van der Waals surface area contributed by atoms with E-state index in [0.717, 1.165) is 11.8 Å². The number of methoxy groups -OCH3 is 1. The molecule has 0 radical (unpaired) electrons. The predicted octanol–water partition coefficient (Wildman–Crippen LogP) is 2.05. The molecule has 1 aliphatic rings. The number of ether oxygens (including phenoxy) is 2. The lowest BCUT2D eigenvalue weighted by molar-refractivity contribution is 0.148. The summed E-state index contributed by atoms with van der Waals surface area (Å²) in [5.74, 6) is 0.00555. The maximum atomic E-state index is 14.1. The number of carbonyl (C=O) groups excluding carboxylic acids is 1. The molecule has 1 aliphatic heterocycles. The molecule has 2 aromatic rings. The molecule has 0 aromatic carbocycles. The maximum Gasteiger partial charge on any atom is 0.435 e. The Morgan fingerprint density at radius 1 is 1.46 bits per heavy atom. The lowest BCUT2D eigenvalue weighted by atomic mass is 10.0. The van der Waals surface area contributed by atoms with Crippen LogP contribution in [0.3, 0.4) is 0 Å². The minimum absolute atomic E-state index is 0.0342. The molecule has 2 aromatic heterocycles. The molecule has 3 rings (SSSR count). The van der Waals surface area contributed by atoms with Gasteiger partial charge in [-0.15, -0.1) is 5.10 Å². The van der Waals surface area contributed by atoms with Crippen molar-refractivity contribution < 1.29 is 18.7 Å². The highest BCUT2D eigenvalue weighted by atomic mass is 19.1. The second-order valence-electron chi connectivity index (χ2n) is 6.31. The van der Waals surface area contributed by atoms with Gasteiger partial charge in [0.1, 0.15) is 6.61 Å². The first kappa shape index (κ1) is 18.2. The van der Waals surface area contributed by atoms with Crippen LogP contribution >= 0.6 is 0 Å². The first-order chi connectivity index (χ1) is 12.4. The number of hydrogen-bond donors (Lipinski definition) is 2. The third kappa shape index (κ3) is 3.25. The molecule has 0 unspecified atom stereocenters. The molecular formula is C16H21FN6O3. The van der Waals surface area contributed by atoms with Gasteiger partial charge in [-0.05, 0) is 20.8 Å². The number of hydrogen-bond acceptors (Lipinski definition) is 8. The Bertz CT molecular complexity index is 836. The van der Waals surface area contributed by atoms with Gasteiger partial charge in [0.05, 0.1) is 24.0 Å². The average molecular weight is 364 g/mol. The monoisotopic (exact) mass is 364 g/mol. The number of nitrogens with zero attached hydrogens (tertiary/aromatic N) is 4. The number of nitrogens with one attached hydrogen (secondary N) is 2. The number of fused-ring (bicyclic) bond motifs is 1. The molecule has 140 valence electrons. The van der Waals surface area contributed by atoms with Gasteiger partial charge in [-0.25, -0.2) is 19.2 Å². The van der Waals surface area contributed by atoms with Gasteiger partial charge in [-0.3, -0.25) is 0 Å². The Balaban J connectivity index is 2.01. The van der Waals surface area contributed by atoms with Gasteiger partial charge in [0.15, 0.2) is 23.3 Å². The van der Waals surface area contributed by atoms with Crippen LogP contribution in [-0.2, 0) is 28.2 Å². The topological polar surface area (TPSA) is 103 Å². The molecule has 0 saturated heterocycles. The highest BCUT2D eigenvalue weighted by Crippen LogP contribution is 2.36. The van der Waals surface area contributed by atoms with E-state index in [2.05, 4.69) is 25.7 Å². The summed E-state index contributed by atoms with van der Waals surface area (Å²) in [6, 6.07) is 0. The van der Waals surface area contributed by atoms with Crippen molar-refractivity contribution in [3.63, 3.8) is 0 Å². The first-order valence-electron chi connectivity index (χ1n) is 8.19. The molecule has 3 heterocycles. The van der Waals surface area contributed by atoms with E-state index in [-0.39, 0.29) is 19.0 Å². The first-order valence-corrected chi connectivity index (χ1v) is 8.19. The van der Waals surface area contributed by atoms with Crippen molar-refractivity contribution in [3.05, 3.63) is 29.1 Å². The second kappa shape index (κ2) is 6.96. The second-order valence-corrected chi connectivity index (χ2v) is 6.31. The lowest BCUT2D eigenvalue weighted by Crippen LogP contribution is -2.34. The SMILES string of the molecule is CCOC(=O)n1nc(Nc2nc(COC)ncc2F)c2c1C(C)(C)NC2. The molecule has 0 saturated carbocycles. The van der Waals surface area contributed by atoms with Crippen molar-refractivity contribution in [1.82, 2.24) is 25.1 Å². The van der Waals surface area contributed by atoms with Crippen LogP contribution in [-0.4, -0.2) is 39.6 Å². The summed E-state index contributed by atoms with van der Waals surface area (Å²) in [6.07, 6.45) is 0.478. The van der Waals surface area contributed by atoms with E-state index in [4.69, 9.17) is 9.47 Å². The molecule has 9 nitrogen and oxygen atoms in total. The lowest BCUT2D eigenvalue weighted by Gasteiger charge is -2.20. The summed E-state index contributed by atoms with van der Waals surface area (Å²) in [4.78, 5) is 20.2. The normalized spacial score (nSPS) is 15.0. The molecular weight excluding hydrogens is 343 g/mol. The minimum Gasteiger partial charge on any atom is -0.448 e. The predicted molar refractivity (Wildman–Crippen MR) is 90.5 cm³/mol. The van der Waals surface area contributed by atoms with Crippen LogP contribution in [0.2, 0.25) is 0 Å². The number of aromatic nitrogens is 4. The summed E-state index contributed by atoms with van der Waals surface area (Å²) >= 11 is 0. The zero-order chi connectivity index (χ0) is 18.9. The van der Waals surface area contributed by atoms with Crippen LogP contribution in [0.25, 0.3) is 0 Å². The average Bonchev–Trinajstić information content (AvgIpc) is 3.10. The molecule has 2 N–H and O–H groups in total. The Hall–Kier alpha value is -2.59. The summed E-state index contributed by atoms with van der Waals surface area (Å²) < 4.78 is 25.4. The van der Waals surface area contributed by atoms with Crippen LogP contribution < -0.4 is 10.6 Å². The summed E-state index contributed by atoms with van der Waals surface area (Å²) in [7, 11) is 1.50. The Morgan fingerprint density at radius 3 is 2.92 bits per heavy atom. The maximum absolute atomic E-state index is 14.1.